The summed E-state index contributed by atoms with van der Waals surface area (Å²) < 4.78 is 12.8. The predicted octanol–water partition coefficient (Wildman–Crippen LogP) is 4.35. The van der Waals surface area contributed by atoms with Crippen molar-refractivity contribution >= 4 is 24.5 Å². The zero-order chi connectivity index (χ0) is 12.0. The number of unbranched alkanes of at least 4 members (excludes halogenated alkanes) is 1. The maximum Gasteiger partial charge on any atom is 0.392 e. The van der Waals surface area contributed by atoms with Crippen molar-refractivity contribution < 1.29 is 8.85 Å². The first kappa shape index (κ1) is 13.7. The van der Waals surface area contributed by atoms with Crippen LogP contribution in [0.15, 0.2) is 28.7 Å². The van der Waals surface area contributed by atoms with Crippen LogP contribution in [0.5, 0.6) is 5.75 Å². The van der Waals surface area contributed by atoms with Gasteiger partial charge in [0.15, 0.2) is 0 Å². The molecule has 0 amide bonds. The fourth-order valence-electron chi connectivity index (χ4n) is 1.28. The quantitative estimate of drug-likeness (QED) is 0.575. The largest absolute Gasteiger partial charge is 0.520 e. The summed E-state index contributed by atoms with van der Waals surface area (Å²) in [6, 6.07) is 7.88. The van der Waals surface area contributed by atoms with E-state index in [-0.39, 0.29) is 0 Å². The third-order valence-electron chi connectivity index (χ3n) is 2.12. The van der Waals surface area contributed by atoms with Crippen LogP contribution in [0.4, 0.5) is 0 Å². The monoisotopic (exact) mass is 302 g/mol. The van der Waals surface area contributed by atoms with Crippen molar-refractivity contribution in [1.82, 2.24) is 0 Å². The molecule has 1 rings (SSSR count). The number of benzene rings is 1. The van der Waals surface area contributed by atoms with E-state index in [9.17, 15) is 0 Å². The molecule has 0 radical (unpaired) electrons. The first-order chi connectivity index (χ1) is 7.53. The molecule has 0 fully saturated rings. The summed E-state index contributed by atoms with van der Waals surface area (Å²) in [4.78, 5) is 0. The molecule has 0 saturated carbocycles. The summed E-state index contributed by atoms with van der Waals surface area (Å²) in [7, 11) is -2.01. The van der Waals surface area contributed by atoms with E-state index < -0.39 is 8.56 Å². The molecule has 0 N–H and O–H groups in total. The molecule has 90 valence electrons. The van der Waals surface area contributed by atoms with Gasteiger partial charge in [-0.05, 0) is 43.8 Å². The van der Waals surface area contributed by atoms with Gasteiger partial charge in [-0.15, -0.1) is 0 Å². The second-order valence-corrected chi connectivity index (χ2v) is 8.37. The average molecular weight is 303 g/mol. The van der Waals surface area contributed by atoms with Crippen LogP contribution < -0.4 is 4.43 Å². The molecule has 0 aliphatic rings. The van der Waals surface area contributed by atoms with Crippen LogP contribution in [-0.2, 0) is 4.43 Å². The Hall–Kier alpha value is -0.323. The van der Waals surface area contributed by atoms with Crippen molar-refractivity contribution in [3.8, 4) is 5.75 Å². The van der Waals surface area contributed by atoms with Crippen LogP contribution in [0.2, 0.25) is 13.1 Å². The molecule has 0 unspecified atom stereocenters. The van der Waals surface area contributed by atoms with E-state index in [4.69, 9.17) is 8.85 Å². The van der Waals surface area contributed by atoms with E-state index in [0.717, 1.165) is 29.7 Å². The highest BCUT2D eigenvalue weighted by Gasteiger charge is 2.26. The van der Waals surface area contributed by atoms with E-state index in [0.29, 0.717) is 0 Å². The van der Waals surface area contributed by atoms with E-state index >= 15 is 0 Å². The maximum absolute atomic E-state index is 5.90. The molecular weight excluding hydrogens is 284 g/mol. The average Bonchev–Trinajstić information content (AvgIpc) is 2.21. The van der Waals surface area contributed by atoms with Crippen LogP contribution >= 0.6 is 15.9 Å². The van der Waals surface area contributed by atoms with Gasteiger partial charge >= 0.3 is 8.56 Å². The van der Waals surface area contributed by atoms with Crippen molar-refractivity contribution in [3.05, 3.63) is 28.7 Å². The predicted molar refractivity (Wildman–Crippen MR) is 73.1 cm³/mol. The summed E-state index contributed by atoms with van der Waals surface area (Å²) in [6.45, 7) is 7.11. The summed E-state index contributed by atoms with van der Waals surface area (Å²) in [5.74, 6) is 0.886. The van der Waals surface area contributed by atoms with Gasteiger partial charge in [0.2, 0.25) is 0 Å². The molecule has 0 bridgehead atoms. The third-order valence-corrected chi connectivity index (χ3v) is 4.28. The molecule has 1 aromatic carbocycles. The first-order valence-corrected chi connectivity index (χ1v) is 9.23. The van der Waals surface area contributed by atoms with Crippen LogP contribution in [0.3, 0.4) is 0 Å². The van der Waals surface area contributed by atoms with Crippen LogP contribution in [0, 0.1) is 0 Å². The van der Waals surface area contributed by atoms with Crippen molar-refractivity contribution in [1.29, 1.82) is 0 Å². The summed E-state index contributed by atoms with van der Waals surface area (Å²) in [5.41, 5.74) is 0. The molecule has 0 spiro atoms. The zero-order valence-corrected chi connectivity index (χ0v) is 12.7. The van der Waals surface area contributed by atoms with Crippen molar-refractivity contribution in [2.75, 3.05) is 6.61 Å². The number of halogens is 1. The van der Waals surface area contributed by atoms with Gasteiger partial charge in [0.25, 0.3) is 0 Å². The van der Waals surface area contributed by atoms with Crippen molar-refractivity contribution in [2.45, 2.75) is 32.9 Å². The summed E-state index contributed by atoms with van der Waals surface area (Å²) in [6.07, 6.45) is 2.25. The van der Waals surface area contributed by atoms with Gasteiger partial charge in [-0.2, -0.15) is 0 Å². The lowest BCUT2D eigenvalue weighted by molar-refractivity contribution is 0.243. The highest BCUT2D eigenvalue weighted by atomic mass is 79.9. The van der Waals surface area contributed by atoms with Gasteiger partial charge < -0.3 is 8.85 Å². The molecule has 0 atom stereocenters. The molecule has 1 aromatic rings. The zero-order valence-electron chi connectivity index (χ0n) is 10.1. The molecule has 0 heterocycles. The van der Waals surface area contributed by atoms with E-state index in [1.165, 1.54) is 0 Å². The van der Waals surface area contributed by atoms with Gasteiger partial charge in [0, 0.05) is 11.1 Å². The molecule has 0 aliphatic carbocycles. The summed E-state index contributed by atoms with van der Waals surface area (Å²) in [5, 5.41) is 0. The van der Waals surface area contributed by atoms with Crippen molar-refractivity contribution in [3.63, 3.8) is 0 Å². The Morgan fingerprint density at radius 1 is 1.19 bits per heavy atom. The van der Waals surface area contributed by atoms with Crippen LogP contribution in [-0.4, -0.2) is 15.2 Å². The van der Waals surface area contributed by atoms with Gasteiger partial charge in [-0.1, -0.05) is 29.3 Å². The Bertz CT molecular complexity index is 311. The second kappa shape index (κ2) is 6.42. The Kier molecular flexibility index (Phi) is 5.51. The topological polar surface area (TPSA) is 18.5 Å². The Labute approximate surface area is 107 Å². The minimum Gasteiger partial charge on any atom is -0.520 e. The number of hydrogen-bond acceptors (Lipinski definition) is 2. The normalized spacial score (nSPS) is 11.5. The minimum atomic E-state index is -2.01. The Balaban J connectivity index is 2.48. The number of rotatable bonds is 6. The highest BCUT2D eigenvalue weighted by Crippen LogP contribution is 2.20. The maximum atomic E-state index is 5.90. The molecule has 0 aliphatic heterocycles. The molecule has 16 heavy (non-hydrogen) atoms. The third kappa shape index (κ3) is 5.14. The lowest BCUT2D eigenvalue weighted by Crippen LogP contribution is -2.38. The lowest BCUT2D eigenvalue weighted by Gasteiger charge is -2.23. The van der Waals surface area contributed by atoms with E-state index in [2.05, 4.69) is 35.9 Å². The van der Waals surface area contributed by atoms with Crippen LogP contribution in [0.25, 0.3) is 0 Å². The Morgan fingerprint density at radius 3 is 2.38 bits per heavy atom. The summed E-state index contributed by atoms with van der Waals surface area (Å²) >= 11 is 3.40. The van der Waals surface area contributed by atoms with Gasteiger partial charge in [-0.3, -0.25) is 0 Å². The van der Waals surface area contributed by atoms with Crippen molar-refractivity contribution in [2.24, 2.45) is 0 Å². The molecule has 4 heteroatoms. The fourth-order valence-corrected chi connectivity index (χ4v) is 2.94. The van der Waals surface area contributed by atoms with E-state index in [1.54, 1.807) is 0 Å². The molecule has 2 nitrogen and oxygen atoms in total. The SMILES string of the molecule is CCCCO[Si](C)(C)Oc1ccc(Br)cc1. The van der Waals surface area contributed by atoms with E-state index in [1.807, 2.05) is 24.3 Å². The Morgan fingerprint density at radius 2 is 1.81 bits per heavy atom. The number of hydrogen-bond donors (Lipinski definition) is 0. The smallest absolute Gasteiger partial charge is 0.392 e. The van der Waals surface area contributed by atoms with Crippen LogP contribution in [0.1, 0.15) is 19.8 Å². The fraction of sp³-hybridized carbons (Fsp3) is 0.500. The van der Waals surface area contributed by atoms with Gasteiger partial charge in [-0.25, -0.2) is 0 Å². The highest BCUT2D eigenvalue weighted by molar-refractivity contribution is 9.10. The molecule has 0 saturated heterocycles. The van der Waals surface area contributed by atoms with Gasteiger partial charge in [0.05, 0.1) is 0 Å². The first-order valence-electron chi connectivity index (χ1n) is 5.62. The lowest BCUT2D eigenvalue weighted by atomic mass is 10.3. The second-order valence-electron chi connectivity index (χ2n) is 4.16. The van der Waals surface area contributed by atoms with Gasteiger partial charge in [0.1, 0.15) is 5.75 Å². The minimum absolute atomic E-state index is 0.798. The standard InChI is InChI=1S/C12H19BrO2Si/c1-4-5-10-14-16(2,3)15-12-8-6-11(13)7-9-12/h6-9H,4-5,10H2,1-3H3. The molecular formula is C12H19BrO2Si. The molecule has 0 aromatic heterocycles.